The maximum Gasteiger partial charge on any atom is 0.496 e. The van der Waals surface area contributed by atoms with E-state index in [1.165, 1.54) is 0 Å². The highest BCUT2D eigenvalue weighted by Gasteiger charge is 2.59. The van der Waals surface area contributed by atoms with Crippen molar-refractivity contribution in [3.05, 3.63) is 30.1 Å². The first kappa shape index (κ1) is 22.4. The van der Waals surface area contributed by atoms with Crippen LogP contribution in [0.4, 0.5) is 8.78 Å². The molecule has 1 aliphatic carbocycles. The van der Waals surface area contributed by atoms with E-state index in [4.69, 9.17) is 14.0 Å². The predicted molar refractivity (Wildman–Crippen MR) is 114 cm³/mol. The van der Waals surface area contributed by atoms with E-state index in [2.05, 4.69) is 4.98 Å². The smallest absolute Gasteiger partial charge is 0.462 e. The Morgan fingerprint density at radius 3 is 2.35 bits per heavy atom. The predicted octanol–water partition coefficient (Wildman–Crippen LogP) is 3.86. The van der Waals surface area contributed by atoms with E-state index in [0.717, 1.165) is 5.46 Å². The van der Waals surface area contributed by atoms with Crippen molar-refractivity contribution in [2.75, 3.05) is 0 Å². The third-order valence-corrected chi connectivity index (χ3v) is 7.62. The van der Waals surface area contributed by atoms with Crippen LogP contribution in [0.15, 0.2) is 24.4 Å². The minimum Gasteiger partial charge on any atom is -0.462 e. The Morgan fingerprint density at radius 1 is 1.13 bits per heavy atom. The van der Waals surface area contributed by atoms with Gasteiger partial charge in [0.2, 0.25) is 0 Å². The van der Waals surface area contributed by atoms with E-state index in [9.17, 15) is 13.6 Å². The number of aromatic nitrogens is 1. The summed E-state index contributed by atoms with van der Waals surface area (Å²) in [7, 11) is -0.504. The maximum absolute atomic E-state index is 14.6. The maximum atomic E-state index is 14.6. The highest BCUT2D eigenvalue weighted by atomic mass is 19.3. The van der Waals surface area contributed by atoms with E-state index in [-0.39, 0.29) is 12.0 Å². The van der Waals surface area contributed by atoms with E-state index >= 15 is 0 Å². The van der Waals surface area contributed by atoms with Gasteiger partial charge in [0.05, 0.1) is 22.8 Å². The summed E-state index contributed by atoms with van der Waals surface area (Å²) >= 11 is 0. The van der Waals surface area contributed by atoms with Crippen LogP contribution in [0.2, 0.25) is 0 Å². The first-order valence-electron chi connectivity index (χ1n) is 10.9. The van der Waals surface area contributed by atoms with Crippen LogP contribution in [0, 0.1) is 23.7 Å². The summed E-state index contributed by atoms with van der Waals surface area (Å²) in [6.45, 7) is 11.3. The van der Waals surface area contributed by atoms with Crippen molar-refractivity contribution < 1.29 is 27.6 Å². The highest BCUT2D eigenvalue weighted by Crippen LogP contribution is 2.52. The number of halogens is 2. The second-order valence-electron chi connectivity index (χ2n) is 10.1. The van der Waals surface area contributed by atoms with Gasteiger partial charge in [-0.1, -0.05) is 19.1 Å². The molecule has 0 aromatic carbocycles. The van der Waals surface area contributed by atoms with Crippen molar-refractivity contribution in [1.82, 2.24) is 4.98 Å². The molecule has 1 aromatic heterocycles. The van der Waals surface area contributed by atoms with Crippen molar-refractivity contribution >= 4 is 24.6 Å². The number of carbonyl (C=O) groups is 1. The molecule has 168 valence electrons. The van der Waals surface area contributed by atoms with Crippen LogP contribution in [0.5, 0.6) is 0 Å². The number of hydrogen-bond donors (Lipinski definition) is 0. The Kier molecular flexibility index (Phi) is 5.33. The molecule has 4 rings (SSSR count). The lowest BCUT2D eigenvalue weighted by Crippen LogP contribution is -2.46. The molecular weight excluding hydrogens is 403 g/mol. The van der Waals surface area contributed by atoms with Crippen LogP contribution in [0.3, 0.4) is 0 Å². The fourth-order valence-electron chi connectivity index (χ4n) is 4.87. The van der Waals surface area contributed by atoms with Crippen LogP contribution < -0.4 is 5.46 Å². The number of nitrogens with zero attached hydrogens (tertiary/aromatic N) is 1. The first-order valence-corrected chi connectivity index (χ1v) is 10.9. The standard InChI is InChI=1S/C23H30BF2NO4/c1-13-17(19-14(2)29-20(28)18(19)11-23(13,25)26)10-9-16-8-7-15(12-27-16)24-30-21(3,4)22(5,6)31-24/h7-10,12-14,17-19H,11H2,1-6H3/t13-,14+,17-,18+,19-/m0/s1. The molecule has 0 unspecified atom stereocenters. The van der Waals surface area contributed by atoms with Gasteiger partial charge in [-0.25, -0.2) is 8.78 Å². The van der Waals surface area contributed by atoms with Gasteiger partial charge >= 0.3 is 13.1 Å². The average molecular weight is 433 g/mol. The van der Waals surface area contributed by atoms with E-state index < -0.39 is 54.4 Å². The molecule has 5 nitrogen and oxygen atoms in total. The molecule has 3 heterocycles. The van der Waals surface area contributed by atoms with Gasteiger partial charge in [0.25, 0.3) is 5.92 Å². The van der Waals surface area contributed by atoms with Crippen LogP contribution in [0.1, 0.15) is 53.7 Å². The van der Waals surface area contributed by atoms with Crippen molar-refractivity contribution in [1.29, 1.82) is 0 Å². The molecular formula is C23H30BF2NO4. The molecule has 5 atom stereocenters. The molecule has 8 heteroatoms. The number of carbonyl (C=O) groups excluding carboxylic acids is 1. The normalized spacial score (nSPS) is 35.9. The van der Waals surface area contributed by atoms with Gasteiger partial charge in [-0.05, 0) is 52.7 Å². The quantitative estimate of drug-likeness (QED) is 0.535. The van der Waals surface area contributed by atoms with Gasteiger partial charge in [-0.15, -0.1) is 0 Å². The van der Waals surface area contributed by atoms with Crippen molar-refractivity contribution in [2.45, 2.75) is 71.2 Å². The second kappa shape index (κ2) is 7.37. The second-order valence-corrected chi connectivity index (χ2v) is 10.1. The average Bonchev–Trinajstić information content (AvgIpc) is 3.06. The van der Waals surface area contributed by atoms with Gasteiger partial charge in [0.1, 0.15) is 6.10 Å². The zero-order valence-electron chi connectivity index (χ0n) is 18.9. The van der Waals surface area contributed by atoms with Gasteiger partial charge in [0.15, 0.2) is 0 Å². The number of rotatable bonds is 3. The van der Waals surface area contributed by atoms with Crippen LogP contribution in [-0.2, 0) is 18.8 Å². The van der Waals surface area contributed by atoms with Crippen LogP contribution >= 0.6 is 0 Å². The van der Waals surface area contributed by atoms with Gasteiger partial charge in [-0.3, -0.25) is 9.78 Å². The van der Waals surface area contributed by atoms with Crippen LogP contribution in [-0.4, -0.2) is 41.3 Å². The largest absolute Gasteiger partial charge is 0.496 e. The van der Waals surface area contributed by atoms with E-state index in [1.807, 2.05) is 39.8 Å². The topological polar surface area (TPSA) is 57.7 Å². The number of hydrogen-bond acceptors (Lipinski definition) is 5. The molecule has 2 aliphatic heterocycles. The summed E-state index contributed by atoms with van der Waals surface area (Å²) in [5.74, 6) is -5.78. The number of alkyl halides is 2. The summed E-state index contributed by atoms with van der Waals surface area (Å²) in [5, 5.41) is 0. The van der Waals surface area contributed by atoms with Crippen molar-refractivity contribution in [3.8, 4) is 0 Å². The fraction of sp³-hybridized carbons (Fsp3) is 0.652. The Labute approximate surface area is 182 Å². The lowest BCUT2D eigenvalue weighted by atomic mass is 9.64. The highest BCUT2D eigenvalue weighted by molar-refractivity contribution is 6.62. The number of cyclic esters (lactones) is 1. The fourth-order valence-corrected chi connectivity index (χ4v) is 4.87. The van der Waals surface area contributed by atoms with Gasteiger partial charge < -0.3 is 14.0 Å². The SMILES string of the molecule is C[C@H]1OC(=O)[C@@H]2CC(F)(F)[C@@H](C)[C@H](C=Cc3ccc(B4OC(C)(C)C(C)(C)O4)cn3)[C@H]12. The lowest BCUT2D eigenvalue weighted by Gasteiger charge is -2.41. The first-order chi connectivity index (χ1) is 14.3. The molecule has 3 aliphatic rings. The third kappa shape index (κ3) is 3.82. The summed E-state index contributed by atoms with van der Waals surface area (Å²) < 4.78 is 46.5. The van der Waals surface area contributed by atoms with Crippen LogP contribution in [0.25, 0.3) is 6.08 Å². The zero-order chi connectivity index (χ0) is 22.8. The van der Waals surface area contributed by atoms with Crippen molar-refractivity contribution in [3.63, 3.8) is 0 Å². The molecule has 0 amide bonds. The third-order valence-electron chi connectivity index (χ3n) is 7.62. The Balaban J connectivity index is 1.52. The minimum atomic E-state index is -2.91. The number of esters is 1. The summed E-state index contributed by atoms with van der Waals surface area (Å²) in [6, 6.07) is 3.70. The summed E-state index contributed by atoms with van der Waals surface area (Å²) in [4.78, 5) is 16.5. The molecule has 31 heavy (non-hydrogen) atoms. The van der Waals surface area contributed by atoms with E-state index in [0.29, 0.717) is 5.69 Å². The Hall–Kier alpha value is -1.80. The molecule has 0 bridgehead atoms. The molecule has 0 radical (unpaired) electrons. The zero-order valence-corrected chi connectivity index (χ0v) is 18.9. The molecule has 0 spiro atoms. The summed E-state index contributed by atoms with van der Waals surface area (Å²) in [5.41, 5.74) is 0.576. The monoisotopic (exact) mass is 433 g/mol. The number of fused-ring (bicyclic) bond motifs is 1. The molecule has 3 fully saturated rings. The van der Waals surface area contributed by atoms with Gasteiger partial charge in [0, 0.05) is 29.9 Å². The van der Waals surface area contributed by atoms with E-state index in [1.54, 1.807) is 32.2 Å². The Morgan fingerprint density at radius 2 is 1.77 bits per heavy atom. The minimum absolute atomic E-state index is 0.248. The number of allylic oxidation sites excluding steroid dienone is 1. The number of ether oxygens (including phenoxy) is 1. The molecule has 1 saturated carbocycles. The summed E-state index contributed by atoms with van der Waals surface area (Å²) in [6.07, 6.45) is 4.40. The molecule has 1 aromatic rings. The molecule has 2 saturated heterocycles. The van der Waals surface area contributed by atoms with Gasteiger partial charge in [-0.2, -0.15) is 0 Å². The Bertz CT molecular complexity index is 870. The lowest BCUT2D eigenvalue weighted by molar-refractivity contribution is -0.152. The van der Waals surface area contributed by atoms with Crippen molar-refractivity contribution in [2.24, 2.45) is 23.7 Å². The molecule has 0 N–H and O–H groups in total. The number of pyridine rings is 1.